The smallest absolute Gasteiger partial charge is 0.129 e. The highest BCUT2D eigenvalue weighted by atomic mass is 35.5. The summed E-state index contributed by atoms with van der Waals surface area (Å²) >= 11 is 5.63. The molecule has 0 amide bonds. The minimum Gasteiger partial charge on any atom is -0.327 e. The topological polar surface area (TPSA) is 38.9 Å². The van der Waals surface area contributed by atoms with Gasteiger partial charge in [0.2, 0.25) is 0 Å². The van der Waals surface area contributed by atoms with Gasteiger partial charge in [0.25, 0.3) is 0 Å². The molecule has 58 valence electrons. The van der Waals surface area contributed by atoms with Gasteiger partial charge in [-0.05, 0) is 18.1 Å². The first-order valence-corrected chi connectivity index (χ1v) is 4.02. The first-order valence-electron chi connectivity index (χ1n) is 3.64. The highest BCUT2D eigenvalue weighted by Gasteiger charge is 2.34. The van der Waals surface area contributed by atoms with Crippen LogP contribution in [0.2, 0.25) is 5.15 Å². The van der Waals surface area contributed by atoms with E-state index in [1.165, 1.54) is 5.56 Å². The molecule has 1 heterocycles. The number of pyridine rings is 1. The van der Waals surface area contributed by atoms with Crippen LogP contribution >= 0.6 is 11.6 Å². The second-order valence-corrected chi connectivity index (χ2v) is 3.31. The van der Waals surface area contributed by atoms with Gasteiger partial charge < -0.3 is 5.73 Å². The van der Waals surface area contributed by atoms with Crippen LogP contribution in [0.15, 0.2) is 18.3 Å². The first kappa shape index (κ1) is 7.07. The normalized spacial score (nSPS) is 28.5. The minimum absolute atomic E-state index is 0.345. The molecule has 1 aliphatic rings. The summed E-state index contributed by atoms with van der Waals surface area (Å²) in [6, 6.07) is 4.15. The van der Waals surface area contributed by atoms with E-state index in [-0.39, 0.29) is 0 Å². The van der Waals surface area contributed by atoms with E-state index in [0.29, 0.717) is 17.1 Å². The summed E-state index contributed by atoms with van der Waals surface area (Å²) in [5.74, 6) is 0.528. The van der Waals surface area contributed by atoms with E-state index in [2.05, 4.69) is 4.98 Å². The predicted molar refractivity (Wildman–Crippen MR) is 44.6 cm³/mol. The molecule has 1 saturated carbocycles. The lowest BCUT2D eigenvalue weighted by Crippen LogP contribution is -2.00. The standard InChI is InChI=1S/C8H9ClN2/c9-8-2-1-5(4-11-8)6-3-7(6)10/h1-2,4,6-7H,3,10H2. The quantitative estimate of drug-likeness (QED) is 0.647. The summed E-state index contributed by atoms with van der Waals surface area (Å²) in [6.07, 6.45) is 2.89. The van der Waals surface area contributed by atoms with Crippen LogP contribution < -0.4 is 5.73 Å². The molecule has 0 radical (unpaired) electrons. The zero-order valence-electron chi connectivity index (χ0n) is 6.00. The van der Waals surface area contributed by atoms with Crippen molar-refractivity contribution in [2.75, 3.05) is 0 Å². The third kappa shape index (κ3) is 1.37. The molecule has 1 aliphatic carbocycles. The molecule has 2 atom stereocenters. The average Bonchev–Trinajstić information content (AvgIpc) is 2.69. The molecular formula is C8H9ClN2. The van der Waals surface area contributed by atoms with Gasteiger partial charge in [0.05, 0.1) is 0 Å². The minimum atomic E-state index is 0.345. The monoisotopic (exact) mass is 168 g/mol. The number of aromatic nitrogens is 1. The van der Waals surface area contributed by atoms with Crippen LogP contribution in [0.1, 0.15) is 17.9 Å². The van der Waals surface area contributed by atoms with E-state index in [4.69, 9.17) is 17.3 Å². The Bertz CT molecular complexity index is 257. The molecule has 0 bridgehead atoms. The zero-order chi connectivity index (χ0) is 7.84. The molecule has 0 aliphatic heterocycles. The molecule has 0 aromatic carbocycles. The van der Waals surface area contributed by atoms with E-state index in [0.717, 1.165) is 6.42 Å². The van der Waals surface area contributed by atoms with Gasteiger partial charge in [0.1, 0.15) is 5.15 Å². The van der Waals surface area contributed by atoms with Crippen LogP contribution in [0.5, 0.6) is 0 Å². The van der Waals surface area contributed by atoms with E-state index >= 15 is 0 Å². The summed E-state index contributed by atoms with van der Waals surface area (Å²) < 4.78 is 0. The maximum Gasteiger partial charge on any atom is 0.129 e. The Morgan fingerprint density at radius 3 is 2.73 bits per heavy atom. The van der Waals surface area contributed by atoms with E-state index in [1.54, 1.807) is 6.20 Å². The molecule has 2 unspecified atom stereocenters. The van der Waals surface area contributed by atoms with Gasteiger partial charge in [-0.25, -0.2) is 4.98 Å². The lowest BCUT2D eigenvalue weighted by Gasteiger charge is -1.95. The van der Waals surface area contributed by atoms with Gasteiger partial charge in [-0.3, -0.25) is 0 Å². The Kier molecular flexibility index (Phi) is 1.59. The van der Waals surface area contributed by atoms with Crippen LogP contribution in [-0.4, -0.2) is 11.0 Å². The van der Waals surface area contributed by atoms with Gasteiger partial charge in [0.15, 0.2) is 0 Å². The average molecular weight is 169 g/mol. The van der Waals surface area contributed by atoms with Crippen molar-refractivity contribution in [3.63, 3.8) is 0 Å². The Morgan fingerprint density at radius 1 is 1.55 bits per heavy atom. The summed E-state index contributed by atoms with van der Waals surface area (Å²) in [4.78, 5) is 3.98. The van der Waals surface area contributed by atoms with Crippen LogP contribution in [0.3, 0.4) is 0 Å². The van der Waals surface area contributed by atoms with Crippen molar-refractivity contribution in [2.24, 2.45) is 5.73 Å². The predicted octanol–water partition coefficient (Wildman–Crippen LogP) is 1.55. The van der Waals surface area contributed by atoms with Crippen molar-refractivity contribution in [3.8, 4) is 0 Å². The maximum atomic E-state index is 5.68. The SMILES string of the molecule is NC1CC1c1ccc(Cl)nc1. The number of rotatable bonds is 1. The maximum absolute atomic E-state index is 5.68. The van der Waals surface area contributed by atoms with Gasteiger partial charge in [-0.15, -0.1) is 0 Å². The molecular weight excluding hydrogens is 160 g/mol. The molecule has 2 rings (SSSR count). The van der Waals surface area contributed by atoms with E-state index in [9.17, 15) is 0 Å². The lowest BCUT2D eigenvalue weighted by atomic mass is 10.2. The molecule has 2 N–H and O–H groups in total. The molecule has 1 fully saturated rings. The number of nitrogens with zero attached hydrogens (tertiary/aromatic N) is 1. The van der Waals surface area contributed by atoms with E-state index in [1.807, 2.05) is 12.1 Å². The Balaban J connectivity index is 2.21. The first-order chi connectivity index (χ1) is 5.27. The van der Waals surface area contributed by atoms with Crippen molar-refractivity contribution in [2.45, 2.75) is 18.4 Å². The van der Waals surface area contributed by atoms with E-state index < -0.39 is 0 Å². The number of nitrogens with two attached hydrogens (primary N) is 1. The fourth-order valence-electron chi connectivity index (χ4n) is 1.20. The van der Waals surface area contributed by atoms with Crippen molar-refractivity contribution in [1.29, 1.82) is 0 Å². The third-order valence-electron chi connectivity index (χ3n) is 2.02. The van der Waals surface area contributed by atoms with Gasteiger partial charge in [-0.1, -0.05) is 17.7 Å². The van der Waals surface area contributed by atoms with Gasteiger partial charge >= 0.3 is 0 Å². The highest BCUT2D eigenvalue weighted by molar-refractivity contribution is 6.29. The fourth-order valence-corrected chi connectivity index (χ4v) is 1.32. The van der Waals surface area contributed by atoms with Gasteiger partial charge in [-0.2, -0.15) is 0 Å². The summed E-state index contributed by atoms with van der Waals surface area (Å²) in [6.45, 7) is 0. The number of hydrogen-bond acceptors (Lipinski definition) is 2. The summed E-state index contributed by atoms with van der Waals surface area (Å²) in [5, 5.41) is 0.544. The van der Waals surface area contributed by atoms with Crippen molar-refractivity contribution in [3.05, 3.63) is 29.0 Å². The van der Waals surface area contributed by atoms with Crippen LogP contribution in [0, 0.1) is 0 Å². The summed E-state index contributed by atoms with van der Waals surface area (Å²) in [7, 11) is 0. The second kappa shape index (κ2) is 2.47. The largest absolute Gasteiger partial charge is 0.327 e. The molecule has 1 aromatic heterocycles. The van der Waals surface area contributed by atoms with Crippen molar-refractivity contribution < 1.29 is 0 Å². The van der Waals surface area contributed by atoms with Crippen molar-refractivity contribution in [1.82, 2.24) is 4.98 Å². The highest BCUT2D eigenvalue weighted by Crippen LogP contribution is 2.38. The molecule has 0 saturated heterocycles. The third-order valence-corrected chi connectivity index (χ3v) is 2.24. The second-order valence-electron chi connectivity index (χ2n) is 2.92. The Labute approximate surface area is 70.4 Å². The summed E-state index contributed by atoms with van der Waals surface area (Å²) in [5.41, 5.74) is 6.89. The van der Waals surface area contributed by atoms with Gasteiger partial charge in [0, 0.05) is 18.2 Å². The molecule has 11 heavy (non-hydrogen) atoms. The lowest BCUT2D eigenvalue weighted by molar-refractivity contribution is 0.981. The Hall–Kier alpha value is -0.600. The molecule has 1 aromatic rings. The Morgan fingerprint density at radius 2 is 2.27 bits per heavy atom. The molecule has 3 heteroatoms. The number of hydrogen-bond donors (Lipinski definition) is 1. The van der Waals surface area contributed by atoms with Crippen LogP contribution in [0.25, 0.3) is 0 Å². The number of halogens is 1. The van der Waals surface area contributed by atoms with Crippen LogP contribution in [-0.2, 0) is 0 Å². The zero-order valence-corrected chi connectivity index (χ0v) is 6.75. The molecule has 0 spiro atoms. The van der Waals surface area contributed by atoms with Crippen molar-refractivity contribution >= 4 is 11.6 Å². The van der Waals surface area contributed by atoms with Crippen LogP contribution in [0.4, 0.5) is 0 Å². The fraction of sp³-hybridized carbons (Fsp3) is 0.375. The molecule has 2 nitrogen and oxygen atoms in total.